The van der Waals surface area contributed by atoms with E-state index in [2.05, 4.69) is 12.2 Å². The normalized spacial score (nSPS) is 14.1. The largest absolute Gasteiger partial charge is 0.370 e. The first-order valence-corrected chi connectivity index (χ1v) is 8.71. The number of carbonyl (C=O) groups is 3. The lowest BCUT2D eigenvalue weighted by Crippen LogP contribution is -2.47. The first-order valence-electron chi connectivity index (χ1n) is 8.71. The maximum atomic E-state index is 12.6. The van der Waals surface area contributed by atoms with Gasteiger partial charge in [-0.05, 0) is 11.8 Å². The van der Waals surface area contributed by atoms with Crippen molar-refractivity contribution in [2.75, 3.05) is 0 Å². The van der Waals surface area contributed by atoms with Crippen LogP contribution in [0.25, 0.3) is 0 Å². The molecule has 5 nitrogen and oxygen atoms in total. The second-order valence-electron chi connectivity index (χ2n) is 7.44. The highest BCUT2D eigenvalue weighted by molar-refractivity contribution is 5.94. The van der Waals surface area contributed by atoms with Gasteiger partial charge < -0.3 is 11.1 Å². The molecule has 2 atom stereocenters. The van der Waals surface area contributed by atoms with E-state index in [-0.39, 0.29) is 29.4 Å². The van der Waals surface area contributed by atoms with Gasteiger partial charge in [0.25, 0.3) is 0 Å². The van der Waals surface area contributed by atoms with Crippen LogP contribution >= 0.6 is 0 Å². The summed E-state index contributed by atoms with van der Waals surface area (Å²) in [5.41, 5.74) is 5.00. The highest BCUT2D eigenvalue weighted by Crippen LogP contribution is 2.27. The number of amides is 2. The third-order valence-corrected chi connectivity index (χ3v) is 4.32. The molecule has 0 aliphatic heterocycles. The van der Waals surface area contributed by atoms with Crippen LogP contribution in [-0.4, -0.2) is 23.6 Å². The van der Waals surface area contributed by atoms with E-state index in [1.807, 2.05) is 27.7 Å². The van der Waals surface area contributed by atoms with Crippen molar-refractivity contribution in [1.82, 2.24) is 5.32 Å². The quantitative estimate of drug-likeness (QED) is 0.572. The Kier molecular flexibility index (Phi) is 9.77. The molecule has 0 aromatic carbocycles. The molecule has 0 bridgehead atoms. The molecule has 0 heterocycles. The predicted molar refractivity (Wildman–Crippen MR) is 92.7 cm³/mol. The zero-order valence-corrected chi connectivity index (χ0v) is 15.4. The molecule has 0 rings (SSSR count). The Labute approximate surface area is 140 Å². The topological polar surface area (TPSA) is 89.3 Å². The van der Waals surface area contributed by atoms with Gasteiger partial charge in [0.15, 0.2) is 5.78 Å². The monoisotopic (exact) mass is 326 g/mol. The Morgan fingerprint density at radius 3 is 2.09 bits per heavy atom. The molecule has 0 aromatic rings. The van der Waals surface area contributed by atoms with Gasteiger partial charge in [-0.25, -0.2) is 0 Å². The number of hydrogen-bond acceptors (Lipinski definition) is 3. The van der Waals surface area contributed by atoms with Crippen molar-refractivity contribution in [1.29, 1.82) is 0 Å². The molecule has 0 unspecified atom stereocenters. The first-order chi connectivity index (χ1) is 10.6. The second kappa shape index (κ2) is 10.4. The number of nitrogens with one attached hydrogen (secondary N) is 1. The van der Waals surface area contributed by atoms with Gasteiger partial charge in [-0.3, -0.25) is 14.4 Å². The van der Waals surface area contributed by atoms with Crippen molar-refractivity contribution >= 4 is 17.6 Å². The highest BCUT2D eigenvalue weighted by Gasteiger charge is 2.33. The molecule has 0 aliphatic rings. The van der Waals surface area contributed by atoms with Crippen LogP contribution in [0.1, 0.15) is 79.6 Å². The Hall–Kier alpha value is -1.39. The summed E-state index contributed by atoms with van der Waals surface area (Å²) in [7, 11) is 0. The number of Topliss-reactive ketones (excluding diaryl/α,β-unsaturated/α-hetero) is 1. The Morgan fingerprint density at radius 2 is 1.61 bits per heavy atom. The minimum Gasteiger partial charge on any atom is -0.370 e. The van der Waals surface area contributed by atoms with Crippen LogP contribution in [0.3, 0.4) is 0 Å². The molecule has 0 spiro atoms. The molecule has 2 amide bonds. The summed E-state index contributed by atoms with van der Waals surface area (Å²) in [5, 5.41) is 2.70. The van der Waals surface area contributed by atoms with Gasteiger partial charge in [0.1, 0.15) is 0 Å². The van der Waals surface area contributed by atoms with Crippen LogP contribution < -0.4 is 11.1 Å². The summed E-state index contributed by atoms with van der Waals surface area (Å²) in [6.07, 6.45) is 5.51. The van der Waals surface area contributed by atoms with Crippen molar-refractivity contribution in [3.8, 4) is 0 Å². The van der Waals surface area contributed by atoms with Gasteiger partial charge in [0.2, 0.25) is 11.8 Å². The third kappa shape index (κ3) is 9.36. The van der Waals surface area contributed by atoms with Crippen molar-refractivity contribution in [2.45, 2.75) is 85.6 Å². The number of rotatable bonds is 11. The smallest absolute Gasteiger partial charge is 0.220 e. The van der Waals surface area contributed by atoms with Gasteiger partial charge in [-0.1, -0.05) is 60.3 Å². The number of carbonyl (C=O) groups excluding carboxylic acids is 3. The van der Waals surface area contributed by atoms with Gasteiger partial charge >= 0.3 is 0 Å². The average molecular weight is 326 g/mol. The third-order valence-electron chi connectivity index (χ3n) is 4.32. The molecule has 0 saturated carbocycles. The fraction of sp³-hybridized carbons (Fsp3) is 0.833. The zero-order chi connectivity index (χ0) is 18.0. The maximum Gasteiger partial charge on any atom is 0.220 e. The van der Waals surface area contributed by atoms with E-state index in [9.17, 15) is 14.4 Å². The molecule has 0 fully saturated rings. The van der Waals surface area contributed by atoms with Gasteiger partial charge in [-0.15, -0.1) is 0 Å². The van der Waals surface area contributed by atoms with Gasteiger partial charge in [0.05, 0.1) is 12.5 Å². The minimum atomic E-state index is -0.815. The van der Waals surface area contributed by atoms with Gasteiger partial charge in [-0.2, -0.15) is 0 Å². The molecule has 3 N–H and O–H groups in total. The molecule has 0 aromatic heterocycles. The Bertz CT molecular complexity index is 400. The Morgan fingerprint density at radius 1 is 1.04 bits per heavy atom. The molecule has 134 valence electrons. The molecule has 5 heteroatoms. The van der Waals surface area contributed by atoms with E-state index in [0.717, 1.165) is 25.7 Å². The summed E-state index contributed by atoms with van der Waals surface area (Å²) in [4.78, 5) is 35.8. The van der Waals surface area contributed by atoms with Crippen molar-refractivity contribution in [2.24, 2.45) is 17.1 Å². The van der Waals surface area contributed by atoms with E-state index < -0.39 is 11.9 Å². The average Bonchev–Trinajstić information content (AvgIpc) is 2.43. The fourth-order valence-electron chi connectivity index (χ4n) is 2.31. The standard InChI is InChI=1S/C18H34N2O3/c1-6-7-8-9-10-11-16(22)20-14(12-15(19)21)17(23)13(2)18(3,4)5/h13-14H,6-12H2,1-5H3,(H2,19,21)(H,20,22)/t13-,14+/m0/s1. The first kappa shape index (κ1) is 21.6. The lowest BCUT2D eigenvalue weighted by atomic mass is 9.77. The van der Waals surface area contributed by atoms with E-state index in [1.165, 1.54) is 6.42 Å². The lowest BCUT2D eigenvalue weighted by Gasteiger charge is -2.29. The molecular formula is C18H34N2O3. The summed E-state index contributed by atoms with van der Waals surface area (Å²) in [5.74, 6) is -1.15. The predicted octanol–water partition coefficient (Wildman–Crippen LogP) is 2.96. The summed E-state index contributed by atoms with van der Waals surface area (Å²) in [6, 6.07) is -0.815. The van der Waals surface area contributed by atoms with Crippen LogP contribution in [-0.2, 0) is 14.4 Å². The van der Waals surface area contributed by atoms with Crippen LogP contribution in [0, 0.1) is 11.3 Å². The SMILES string of the molecule is CCCCCCCC(=O)N[C@H](CC(N)=O)C(=O)[C@H](C)C(C)(C)C. The molecular weight excluding hydrogens is 292 g/mol. The Balaban J connectivity index is 4.58. The number of ketones is 1. The number of primary amides is 1. The van der Waals surface area contributed by atoms with Crippen LogP contribution in [0.15, 0.2) is 0 Å². The van der Waals surface area contributed by atoms with E-state index in [1.54, 1.807) is 0 Å². The van der Waals surface area contributed by atoms with Crippen LogP contribution in [0.5, 0.6) is 0 Å². The van der Waals surface area contributed by atoms with Crippen molar-refractivity contribution < 1.29 is 14.4 Å². The summed E-state index contributed by atoms with van der Waals surface area (Å²) in [6.45, 7) is 9.86. The maximum absolute atomic E-state index is 12.6. The van der Waals surface area contributed by atoms with E-state index >= 15 is 0 Å². The molecule has 23 heavy (non-hydrogen) atoms. The molecule has 0 saturated heterocycles. The van der Waals surface area contributed by atoms with Crippen molar-refractivity contribution in [3.05, 3.63) is 0 Å². The minimum absolute atomic E-state index is 0.129. The second-order valence-corrected chi connectivity index (χ2v) is 7.44. The van der Waals surface area contributed by atoms with E-state index in [4.69, 9.17) is 5.73 Å². The van der Waals surface area contributed by atoms with Crippen molar-refractivity contribution in [3.63, 3.8) is 0 Å². The van der Waals surface area contributed by atoms with Crippen LogP contribution in [0.2, 0.25) is 0 Å². The number of nitrogens with two attached hydrogens (primary N) is 1. The highest BCUT2D eigenvalue weighted by atomic mass is 16.2. The zero-order valence-electron chi connectivity index (χ0n) is 15.4. The van der Waals surface area contributed by atoms with Gasteiger partial charge in [0, 0.05) is 12.3 Å². The fourth-order valence-corrected chi connectivity index (χ4v) is 2.31. The number of unbranched alkanes of at least 4 members (excludes halogenated alkanes) is 4. The molecule has 0 aliphatic carbocycles. The van der Waals surface area contributed by atoms with E-state index in [0.29, 0.717) is 6.42 Å². The summed E-state index contributed by atoms with van der Waals surface area (Å²) >= 11 is 0. The summed E-state index contributed by atoms with van der Waals surface area (Å²) < 4.78 is 0. The molecule has 0 radical (unpaired) electrons. The number of hydrogen-bond donors (Lipinski definition) is 2. The lowest BCUT2D eigenvalue weighted by molar-refractivity contribution is -0.133. The van der Waals surface area contributed by atoms with Crippen LogP contribution in [0.4, 0.5) is 0 Å².